The number of rotatable bonds is 3. The first-order valence-electron chi connectivity index (χ1n) is 7.30. The zero-order chi connectivity index (χ0) is 16.3. The number of carbonyl (C=O) groups is 1. The molecule has 22 heavy (non-hydrogen) atoms. The summed E-state index contributed by atoms with van der Waals surface area (Å²) in [6.07, 6.45) is 0. The molecule has 2 rings (SSSR count). The molecule has 0 N–H and O–H groups in total. The van der Waals surface area contributed by atoms with Crippen LogP contribution in [-0.4, -0.2) is 5.97 Å². The lowest BCUT2D eigenvalue weighted by Gasteiger charge is -2.16. The summed E-state index contributed by atoms with van der Waals surface area (Å²) in [4.78, 5) is 11.7. The van der Waals surface area contributed by atoms with Gasteiger partial charge in [-0.15, -0.1) is 0 Å². The Morgan fingerprint density at radius 3 is 2.32 bits per heavy atom. The highest BCUT2D eigenvalue weighted by atomic mass is 19.1. The molecule has 3 heteroatoms. The molecule has 0 aliphatic carbocycles. The van der Waals surface area contributed by atoms with Gasteiger partial charge >= 0.3 is 5.97 Å². The van der Waals surface area contributed by atoms with Crippen LogP contribution in [0.1, 0.15) is 31.9 Å². The van der Waals surface area contributed by atoms with Gasteiger partial charge in [0.05, 0.1) is 5.41 Å². The monoisotopic (exact) mass is 300 g/mol. The molecule has 0 unspecified atom stereocenters. The molecule has 0 atom stereocenters. The SMILES string of the molecule is Cc1ccc(F)c(-c2ccc(COC(=O)C(C)(C)C)cc2)c1. The Hall–Kier alpha value is -2.16. The largest absolute Gasteiger partial charge is 0.460 e. The van der Waals surface area contributed by atoms with Gasteiger partial charge in [-0.3, -0.25) is 4.79 Å². The topological polar surface area (TPSA) is 26.3 Å². The molecular weight excluding hydrogens is 279 g/mol. The minimum absolute atomic E-state index is 0.229. The van der Waals surface area contributed by atoms with E-state index in [9.17, 15) is 9.18 Å². The van der Waals surface area contributed by atoms with E-state index in [1.54, 1.807) is 6.07 Å². The van der Waals surface area contributed by atoms with Gasteiger partial charge in [0.25, 0.3) is 0 Å². The Morgan fingerprint density at radius 1 is 1.09 bits per heavy atom. The van der Waals surface area contributed by atoms with Crippen molar-refractivity contribution in [1.29, 1.82) is 0 Å². The van der Waals surface area contributed by atoms with Crippen LogP contribution in [0.15, 0.2) is 42.5 Å². The van der Waals surface area contributed by atoms with E-state index in [0.29, 0.717) is 5.56 Å². The van der Waals surface area contributed by atoms with Crippen molar-refractivity contribution in [3.8, 4) is 11.1 Å². The van der Waals surface area contributed by atoms with Crippen LogP contribution in [0, 0.1) is 18.2 Å². The van der Waals surface area contributed by atoms with E-state index >= 15 is 0 Å². The van der Waals surface area contributed by atoms with Gasteiger partial charge in [0.1, 0.15) is 12.4 Å². The summed E-state index contributed by atoms with van der Waals surface area (Å²) in [5, 5.41) is 0. The number of esters is 1. The quantitative estimate of drug-likeness (QED) is 0.754. The average Bonchev–Trinajstić information content (AvgIpc) is 2.47. The fourth-order valence-electron chi connectivity index (χ4n) is 2.01. The maximum atomic E-state index is 13.9. The summed E-state index contributed by atoms with van der Waals surface area (Å²) in [5.74, 6) is -0.473. The van der Waals surface area contributed by atoms with Crippen molar-refractivity contribution in [2.45, 2.75) is 34.3 Å². The Bertz CT molecular complexity index is 667. The van der Waals surface area contributed by atoms with Crippen molar-refractivity contribution >= 4 is 5.97 Å². The number of hydrogen-bond donors (Lipinski definition) is 0. The highest BCUT2D eigenvalue weighted by Crippen LogP contribution is 2.24. The zero-order valence-electron chi connectivity index (χ0n) is 13.4. The lowest BCUT2D eigenvalue weighted by atomic mass is 9.97. The predicted octanol–water partition coefficient (Wildman–Crippen LogP) is 4.89. The van der Waals surface area contributed by atoms with Crippen molar-refractivity contribution < 1.29 is 13.9 Å². The molecule has 0 saturated carbocycles. The van der Waals surface area contributed by atoms with E-state index in [1.165, 1.54) is 6.07 Å². The fourth-order valence-corrected chi connectivity index (χ4v) is 2.01. The van der Waals surface area contributed by atoms with Crippen LogP contribution in [0.25, 0.3) is 11.1 Å². The van der Waals surface area contributed by atoms with E-state index in [0.717, 1.165) is 16.7 Å². The molecule has 0 aliphatic rings. The number of hydrogen-bond acceptors (Lipinski definition) is 2. The molecular formula is C19H21FO2. The highest BCUT2D eigenvalue weighted by molar-refractivity contribution is 5.75. The van der Waals surface area contributed by atoms with Crippen LogP contribution in [-0.2, 0) is 16.1 Å². The predicted molar refractivity (Wildman–Crippen MR) is 85.8 cm³/mol. The van der Waals surface area contributed by atoms with Crippen LogP contribution < -0.4 is 0 Å². The fraction of sp³-hybridized carbons (Fsp3) is 0.316. The van der Waals surface area contributed by atoms with E-state index in [4.69, 9.17) is 4.74 Å². The molecule has 0 saturated heterocycles. The summed E-state index contributed by atoms with van der Waals surface area (Å²) < 4.78 is 19.1. The highest BCUT2D eigenvalue weighted by Gasteiger charge is 2.22. The summed E-state index contributed by atoms with van der Waals surface area (Å²) in [6, 6.07) is 12.4. The van der Waals surface area contributed by atoms with Crippen molar-refractivity contribution in [2.75, 3.05) is 0 Å². The van der Waals surface area contributed by atoms with Crippen molar-refractivity contribution in [1.82, 2.24) is 0 Å². The smallest absolute Gasteiger partial charge is 0.311 e. The summed E-state index contributed by atoms with van der Waals surface area (Å²) >= 11 is 0. The van der Waals surface area contributed by atoms with Crippen LogP contribution in [0.5, 0.6) is 0 Å². The third-order valence-corrected chi connectivity index (χ3v) is 3.37. The molecule has 0 fully saturated rings. The van der Waals surface area contributed by atoms with Crippen LogP contribution in [0.2, 0.25) is 0 Å². The minimum Gasteiger partial charge on any atom is -0.460 e. The minimum atomic E-state index is -0.509. The lowest BCUT2D eigenvalue weighted by molar-refractivity contribution is -0.154. The Morgan fingerprint density at radius 2 is 1.73 bits per heavy atom. The zero-order valence-corrected chi connectivity index (χ0v) is 13.4. The van der Waals surface area contributed by atoms with Crippen molar-refractivity contribution in [3.05, 3.63) is 59.4 Å². The molecule has 0 bridgehead atoms. The average molecular weight is 300 g/mol. The first kappa shape index (κ1) is 16.2. The third kappa shape index (κ3) is 3.94. The standard InChI is InChI=1S/C19H21FO2/c1-13-5-10-17(20)16(11-13)15-8-6-14(7-9-15)12-22-18(21)19(2,3)4/h5-11H,12H2,1-4H3. The van der Waals surface area contributed by atoms with E-state index in [1.807, 2.05) is 58.0 Å². The van der Waals surface area contributed by atoms with E-state index in [-0.39, 0.29) is 18.4 Å². The van der Waals surface area contributed by atoms with E-state index < -0.39 is 5.41 Å². The molecule has 2 nitrogen and oxygen atoms in total. The van der Waals surface area contributed by atoms with Gasteiger partial charge in [-0.05, 0) is 51.0 Å². The molecule has 2 aromatic carbocycles. The van der Waals surface area contributed by atoms with Gasteiger partial charge in [0.15, 0.2) is 0 Å². The number of halogens is 1. The molecule has 0 spiro atoms. The third-order valence-electron chi connectivity index (χ3n) is 3.37. The van der Waals surface area contributed by atoms with Crippen molar-refractivity contribution in [3.63, 3.8) is 0 Å². The summed E-state index contributed by atoms with van der Waals surface area (Å²) in [5.41, 5.74) is 2.78. The van der Waals surface area contributed by atoms with Gasteiger partial charge in [0, 0.05) is 5.56 Å². The molecule has 0 amide bonds. The first-order valence-corrected chi connectivity index (χ1v) is 7.30. The molecule has 116 valence electrons. The number of aryl methyl sites for hydroxylation is 1. The van der Waals surface area contributed by atoms with Gasteiger partial charge in [-0.25, -0.2) is 4.39 Å². The van der Waals surface area contributed by atoms with Gasteiger partial charge < -0.3 is 4.74 Å². The second kappa shape index (κ2) is 6.30. The Labute approximate surface area is 130 Å². The van der Waals surface area contributed by atoms with E-state index in [2.05, 4.69) is 0 Å². The number of carbonyl (C=O) groups excluding carboxylic acids is 1. The maximum Gasteiger partial charge on any atom is 0.311 e. The van der Waals surface area contributed by atoms with Gasteiger partial charge in [-0.2, -0.15) is 0 Å². The van der Waals surface area contributed by atoms with Gasteiger partial charge in [-0.1, -0.05) is 35.9 Å². The Kier molecular flexibility index (Phi) is 4.65. The summed E-state index contributed by atoms with van der Waals surface area (Å²) in [7, 11) is 0. The Balaban J connectivity index is 2.11. The molecule has 0 aliphatic heterocycles. The molecule has 0 aromatic heterocycles. The normalized spacial score (nSPS) is 11.3. The second-order valence-corrected chi connectivity index (χ2v) is 6.51. The van der Waals surface area contributed by atoms with Crippen LogP contribution in [0.4, 0.5) is 4.39 Å². The molecule has 0 radical (unpaired) electrons. The number of benzene rings is 2. The van der Waals surface area contributed by atoms with Crippen LogP contribution >= 0.6 is 0 Å². The second-order valence-electron chi connectivity index (χ2n) is 6.51. The van der Waals surface area contributed by atoms with Gasteiger partial charge in [0.2, 0.25) is 0 Å². The van der Waals surface area contributed by atoms with Crippen molar-refractivity contribution in [2.24, 2.45) is 5.41 Å². The lowest BCUT2D eigenvalue weighted by Crippen LogP contribution is -2.22. The maximum absolute atomic E-state index is 13.9. The number of ether oxygens (including phenoxy) is 1. The summed E-state index contributed by atoms with van der Waals surface area (Å²) in [6.45, 7) is 7.62. The molecule has 2 aromatic rings. The first-order chi connectivity index (χ1) is 10.3. The van der Waals surface area contributed by atoms with Crippen LogP contribution in [0.3, 0.4) is 0 Å². The molecule has 0 heterocycles.